The number of hydrogen-bond acceptors (Lipinski definition) is 6. The number of fused-ring (bicyclic) bond motifs is 1. The van der Waals surface area contributed by atoms with Gasteiger partial charge in [-0.15, -0.1) is 0 Å². The third kappa shape index (κ3) is 4.10. The van der Waals surface area contributed by atoms with Crippen molar-refractivity contribution >= 4 is 49.5 Å². The molecule has 1 aromatic carbocycles. The number of thiazole rings is 1. The zero-order valence-corrected chi connectivity index (χ0v) is 14.5. The first-order chi connectivity index (χ1) is 11.1. The summed E-state index contributed by atoms with van der Waals surface area (Å²) in [6.45, 7) is 2.71. The van der Waals surface area contributed by atoms with Crippen molar-refractivity contribution in [3.8, 4) is 0 Å². The molecule has 23 heavy (non-hydrogen) atoms. The smallest absolute Gasteiger partial charge is 0.239 e. The minimum Gasteiger partial charge on any atom is -0.376 e. The molecule has 1 fully saturated rings. The number of carbonyl (C=O) groups is 2. The van der Waals surface area contributed by atoms with Crippen LogP contribution in [0.4, 0.5) is 5.13 Å². The summed E-state index contributed by atoms with van der Waals surface area (Å²) in [6.07, 6.45) is 2.02. The average molecular weight is 350 g/mol. The number of benzene rings is 1. The van der Waals surface area contributed by atoms with Gasteiger partial charge in [-0.2, -0.15) is 0 Å². The van der Waals surface area contributed by atoms with E-state index in [2.05, 4.69) is 4.98 Å². The van der Waals surface area contributed by atoms with Crippen molar-refractivity contribution in [2.75, 3.05) is 23.8 Å². The summed E-state index contributed by atoms with van der Waals surface area (Å²) in [5, 5.41) is 0.621. The molecule has 0 spiro atoms. The second-order valence-corrected chi connectivity index (χ2v) is 7.55. The molecule has 0 N–H and O–H groups in total. The molecule has 1 aromatic heterocycles. The maximum Gasteiger partial charge on any atom is 0.239 e. The van der Waals surface area contributed by atoms with Gasteiger partial charge in [0, 0.05) is 13.5 Å². The zero-order valence-electron chi connectivity index (χ0n) is 12.9. The topological polar surface area (TPSA) is 59.5 Å². The summed E-state index contributed by atoms with van der Waals surface area (Å²) in [4.78, 5) is 30.0. The highest BCUT2D eigenvalue weighted by Gasteiger charge is 2.26. The first-order valence-corrected chi connectivity index (χ1v) is 9.34. The van der Waals surface area contributed by atoms with Crippen molar-refractivity contribution in [3.63, 3.8) is 0 Å². The van der Waals surface area contributed by atoms with Gasteiger partial charge in [0.2, 0.25) is 5.91 Å². The maximum atomic E-state index is 12.6. The van der Waals surface area contributed by atoms with Crippen molar-refractivity contribution < 1.29 is 14.3 Å². The molecule has 122 valence electrons. The summed E-state index contributed by atoms with van der Waals surface area (Å²) >= 11 is 2.53. The molecule has 7 heteroatoms. The molecule has 1 saturated heterocycles. The van der Waals surface area contributed by atoms with Gasteiger partial charge in [-0.1, -0.05) is 35.2 Å². The summed E-state index contributed by atoms with van der Waals surface area (Å²) in [6, 6.07) is 7.83. The minimum atomic E-state index is -0.0974. The lowest BCUT2D eigenvalue weighted by Crippen LogP contribution is -2.38. The molecule has 2 heterocycles. The Kier molecular flexibility index (Phi) is 5.30. The molecule has 1 unspecified atom stereocenters. The lowest BCUT2D eigenvalue weighted by Gasteiger charge is -2.22. The largest absolute Gasteiger partial charge is 0.376 e. The van der Waals surface area contributed by atoms with E-state index in [0.717, 1.165) is 41.4 Å². The summed E-state index contributed by atoms with van der Waals surface area (Å²) < 4.78 is 6.71. The molecule has 2 aromatic rings. The van der Waals surface area contributed by atoms with Crippen LogP contribution < -0.4 is 4.90 Å². The van der Waals surface area contributed by atoms with Crippen LogP contribution in [-0.2, 0) is 14.3 Å². The van der Waals surface area contributed by atoms with E-state index in [1.165, 1.54) is 18.3 Å². The number of anilines is 1. The Morgan fingerprint density at radius 3 is 2.96 bits per heavy atom. The second-order valence-electron chi connectivity index (χ2n) is 5.38. The van der Waals surface area contributed by atoms with Gasteiger partial charge in [0.15, 0.2) is 10.2 Å². The van der Waals surface area contributed by atoms with E-state index in [4.69, 9.17) is 4.74 Å². The van der Waals surface area contributed by atoms with Crippen molar-refractivity contribution in [3.05, 3.63) is 24.3 Å². The number of para-hydroxylation sites is 1. The van der Waals surface area contributed by atoms with Crippen LogP contribution in [0.15, 0.2) is 24.3 Å². The minimum absolute atomic E-state index is 0.0493. The van der Waals surface area contributed by atoms with E-state index in [-0.39, 0.29) is 22.9 Å². The monoisotopic (exact) mass is 350 g/mol. The molecular formula is C16H18N2O3S2. The van der Waals surface area contributed by atoms with E-state index in [1.807, 2.05) is 24.3 Å². The number of rotatable bonds is 5. The van der Waals surface area contributed by atoms with E-state index in [0.29, 0.717) is 11.7 Å². The van der Waals surface area contributed by atoms with Gasteiger partial charge in [0.05, 0.1) is 28.6 Å². The Balaban J connectivity index is 1.83. The van der Waals surface area contributed by atoms with Crippen LogP contribution in [0.5, 0.6) is 0 Å². The van der Waals surface area contributed by atoms with Crippen LogP contribution in [0, 0.1) is 0 Å². The number of ether oxygens (including phenoxy) is 1. The maximum absolute atomic E-state index is 12.6. The summed E-state index contributed by atoms with van der Waals surface area (Å²) in [5.41, 5.74) is 0.886. The molecule has 1 amide bonds. The predicted molar refractivity (Wildman–Crippen MR) is 94.1 cm³/mol. The molecule has 5 nitrogen and oxygen atoms in total. The third-order valence-electron chi connectivity index (χ3n) is 3.62. The van der Waals surface area contributed by atoms with Crippen LogP contribution in [0.25, 0.3) is 10.2 Å². The standard InChI is InChI=1S/C16H18N2O3S2/c1-11(19)22-10-15(20)18(9-12-5-4-8-21-12)16-17-13-6-2-3-7-14(13)23-16/h2-3,6-7,12H,4-5,8-10H2,1H3. The first kappa shape index (κ1) is 16.4. The van der Waals surface area contributed by atoms with E-state index < -0.39 is 0 Å². The lowest BCUT2D eigenvalue weighted by atomic mass is 10.2. The fourth-order valence-corrected chi connectivity index (χ4v) is 3.97. The number of carbonyl (C=O) groups excluding carboxylic acids is 2. The lowest BCUT2D eigenvalue weighted by molar-refractivity contribution is -0.117. The van der Waals surface area contributed by atoms with Gasteiger partial charge in [-0.3, -0.25) is 14.5 Å². The van der Waals surface area contributed by atoms with Gasteiger partial charge >= 0.3 is 0 Å². The van der Waals surface area contributed by atoms with Crippen LogP contribution in [0.2, 0.25) is 0 Å². The fourth-order valence-electron chi connectivity index (χ4n) is 2.50. The van der Waals surface area contributed by atoms with Gasteiger partial charge in [0.25, 0.3) is 0 Å². The molecule has 3 rings (SSSR count). The van der Waals surface area contributed by atoms with Crippen LogP contribution >= 0.6 is 23.1 Å². The van der Waals surface area contributed by atoms with E-state index in [9.17, 15) is 9.59 Å². The molecule has 1 aliphatic heterocycles. The Morgan fingerprint density at radius 1 is 1.43 bits per heavy atom. The number of hydrogen-bond donors (Lipinski definition) is 0. The van der Waals surface area contributed by atoms with Crippen molar-refractivity contribution in [2.45, 2.75) is 25.9 Å². The van der Waals surface area contributed by atoms with Crippen molar-refractivity contribution in [2.24, 2.45) is 0 Å². The highest BCUT2D eigenvalue weighted by molar-refractivity contribution is 8.14. The molecule has 0 radical (unpaired) electrons. The Hall–Kier alpha value is -1.44. The Bertz CT molecular complexity index is 677. The molecule has 0 saturated carbocycles. The normalized spacial score (nSPS) is 17.5. The highest BCUT2D eigenvalue weighted by Crippen LogP contribution is 2.30. The van der Waals surface area contributed by atoms with Gasteiger partial charge < -0.3 is 4.74 Å². The molecular weight excluding hydrogens is 332 g/mol. The number of amides is 1. The van der Waals surface area contributed by atoms with Crippen molar-refractivity contribution in [1.29, 1.82) is 0 Å². The quantitative estimate of drug-likeness (QED) is 0.829. The number of aromatic nitrogens is 1. The van der Waals surface area contributed by atoms with Gasteiger partial charge in [0.1, 0.15) is 0 Å². The molecule has 1 aliphatic rings. The number of thioether (sulfide) groups is 1. The molecule has 0 bridgehead atoms. The second kappa shape index (κ2) is 7.42. The van der Waals surface area contributed by atoms with Crippen LogP contribution in [-0.4, -0.2) is 41.0 Å². The van der Waals surface area contributed by atoms with E-state index in [1.54, 1.807) is 4.90 Å². The van der Waals surface area contributed by atoms with E-state index >= 15 is 0 Å². The average Bonchev–Trinajstić information content (AvgIpc) is 3.18. The Morgan fingerprint density at radius 2 is 2.26 bits per heavy atom. The third-order valence-corrected chi connectivity index (χ3v) is 5.48. The Labute approximate surface area is 143 Å². The summed E-state index contributed by atoms with van der Waals surface area (Å²) in [5.74, 6) is 0.0394. The number of nitrogens with zero attached hydrogens (tertiary/aromatic N) is 2. The molecule has 0 aliphatic carbocycles. The predicted octanol–water partition coefficient (Wildman–Crippen LogP) is 3.09. The zero-order chi connectivity index (χ0) is 16.2. The molecule has 1 atom stereocenters. The SMILES string of the molecule is CC(=O)SCC(=O)N(CC1CCCO1)c1nc2ccccc2s1. The van der Waals surface area contributed by atoms with Crippen LogP contribution in [0.1, 0.15) is 19.8 Å². The highest BCUT2D eigenvalue weighted by atomic mass is 32.2. The van der Waals surface area contributed by atoms with Gasteiger partial charge in [-0.25, -0.2) is 4.98 Å². The van der Waals surface area contributed by atoms with Crippen molar-refractivity contribution in [1.82, 2.24) is 4.98 Å². The van der Waals surface area contributed by atoms with Gasteiger partial charge in [-0.05, 0) is 25.0 Å². The first-order valence-electron chi connectivity index (χ1n) is 7.54. The summed E-state index contributed by atoms with van der Waals surface area (Å²) in [7, 11) is 0. The fraction of sp³-hybridized carbons (Fsp3) is 0.438. The van der Waals surface area contributed by atoms with Crippen LogP contribution in [0.3, 0.4) is 0 Å².